The molecular weight excluding hydrogens is 188 g/mol. The van der Waals surface area contributed by atoms with E-state index in [4.69, 9.17) is 22.1 Å². The van der Waals surface area contributed by atoms with Crippen molar-refractivity contribution in [3.05, 3.63) is 11.6 Å². The zero-order valence-corrected chi connectivity index (χ0v) is 8.70. The molecule has 1 fully saturated rings. The number of hydrogen-bond donors (Lipinski definition) is 1. The Hall–Kier alpha value is -0.0900. The van der Waals surface area contributed by atoms with Crippen LogP contribution in [0.15, 0.2) is 11.6 Å². The van der Waals surface area contributed by atoms with Crippen molar-refractivity contribution in [1.82, 2.24) is 4.90 Å². The Bertz CT molecular complexity index is 173. The molecule has 4 heteroatoms. The predicted molar refractivity (Wildman–Crippen MR) is 54.8 cm³/mol. The van der Waals surface area contributed by atoms with Gasteiger partial charge in [0.05, 0.1) is 12.7 Å². The molecule has 1 aliphatic rings. The van der Waals surface area contributed by atoms with Crippen molar-refractivity contribution in [1.29, 1.82) is 0 Å². The fourth-order valence-corrected chi connectivity index (χ4v) is 1.48. The van der Waals surface area contributed by atoms with Gasteiger partial charge >= 0.3 is 0 Å². The zero-order valence-electron chi connectivity index (χ0n) is 7.95. The van der Waals surface area contributed by atoms with E-state index in [-0.39, 0.29) is 12.1 Å². The summed E-state index contributed by atoms with van der Waals surface area (Å²) in [4.78, 5) is 2.29. The molecule has 0 bridgehead atoms. The van der Waals surface area contributed by atoms with Crippen LogP contribution in [-0.4, -0.2) is 43.3 Å². The second kappa shape index (κ2) is 5.60. The lowest BCUT2D eigenvalue weighted by molar-refractivity contribution is -0.0339. The highest BCUT2D eigenvalue weighted by atomic mass is 35.5. The summed E-state index contributed by atoms with van der Waals surface area (Å²) in [5, 5.41) is 0. The molecule has 0 aromatic carbocycles. The molecule has 0 radical (unpaired) electrons. The number of nitrogens with two attached hydrogens (primary N) is 1. The molecule has 1 aliphatic heterocycles. The summed E-state index contributed by atoms with van der Waals surface area (Å²) in [5.74, 6) is 0. The first-order chi connectivity index (χ1) is 6.24. The zero-order chi connectivity index (χ0) is 9.68. The van der Waals surface area contributed by atoms with Gasteiger partial charge in [-0.2, -0.15) is 0 Å². The molecule has 0 aromatic heterocycles. The normalized spacial score (nSPS) is 28.1. The second-order valence-corrected chi connectivity index (χ2v) is 3.64. The van der Waals surface area contributed by atoms with Crippen LogP contribution in [0.1, 0.15) is 6.92 Å². The first-order valence-electron chi connectivity index (χ1n) is 4.59. The van der Waals surface area contributed by atoms with E-state index >= 15 is 0 Å². The van der Waals surface area contributed by atoms with Crippen LogP contribution in [0, 0.1) is 0 Å². The molecular formula is C9H17ClN2O. The fourth-order valence-electron chi connectivity index (χ4n) is 1.40. The largest absolute Gasteiger partial charge is 0.374 e. The summed E-state index contributed by atoms with van der Waals surface area (Å²) < 4.78 is 5.53. The van der Waals surface area contributed by atoms with E-state index in [9.17, 15) is 0 Å². The minimum absolute atomic E-state index is 0.0998. The Labute approximate surface area is 84.5 Å². The van der Waals surface area contributed by atoms with E-state index in [0.29, 0.717) is 0 Å². The van der Waals surface area contributed by atoms with Crippen molar-refractivity contribution < 1.29 is 4.74 Å². The third-order valence-electron chi connectivity index (χ3n) is 2.22. The molecule has 0 aromatic rings. The highest BCUT2D eigenvalue weighted by Crippen LogP contribution is 2.07. The molecule has 2 N–H and O–H groups in total. The number of morpholine rings is 1. The van der Waals surface area contributed by atoms with Crippen molar-refractivity contribution in [2.75, 3.05) is 26.2 Å². The fraction of sp³-hybridized carbons (Fsp3) is 0.778. The minimum atomic E-state index is 0.0998. The smallest absolute Gasteiger partial charge is 0.0850 e. The average molecular weight is 205 g/mol. The van der Waals surface area contributed by atoms with Crippen molar-refractivity contribution in [2.45, 2.75) is 19.1 Å². The van der Waals surface area contributed by atoms with Gasteiger partial charge in [-0.1, -0.05) is 17.7 Å². The van der Waals surface area contributed by atoms with Gasteiger partial charge in [0, 0.05) is 31.2 Å². The van der Waals surface area contributed by atoms with Crippen LogP contribution in [0.2, 0.25) is 0 Å². The molecule has 0 spiro atoms. The quantitative estimate of drug-likeness (QED) is 0.739. The van der Waals surface area contributed by atoms with Gasteiger partial charge in [0.15, 0.2) is 0 Å². The Kier molecular flexibility index (Phi) is 4.73. The molecule has 1 heterocycles. The van der Waals surface area contributed by atoms with Crippen LogP contribution in [0.25, 0.3) is 0 Å². The third kappa shape index (κ3) is 3.65. The molecule has 1 saturated heterocycles. The average Bonchev–Trinajstić information content (AvgIpc) is 2.15. The lowest BCUT2D eigenvalue weighted by atomic mass is 10.1. The van der Waals surface area contributed by atoms with Crippen LogP contribution in [0.5, 0.6) is 0 Å². The molecule has 1 rings (SSSR count). The number of ether oxygens (including phenoxy) is 1. The summed E-state index contributed by atoms with van der Waals surface area (Å²) in [5.41, 5.74) is 7.31. The van der Waals surface area contributed by atoms with Gasteiger partial charge in [0.25, 0.3) is 0 Å². The molecule has 13 heavy (non-hydrogen) atoms. The maximum absolute atomic E-state index is 5.76. The van der Waals surface area contributed by atoms with Crippen LogP contribution in [0.3, 0.4) is 0 Å². The number of nitrogens with zero attached hydrogens (tertiary/aromatic N) is 1. The van der Waals surface area contributed by atoms with Crippen LogP contribution in [0.4, 0.5) is 0 Å². The molecule has 76 valence electrons. The van der Waals surface area contributed by atoms with Crippen molar-refractivity contribution in [3.8, 4) is 0 Å². The van der Waals surface area contributed by atoms with Gasteiger partial charge < -0.3 is 10.5 Å². The molecule has 0 aliphatic carbocycles. The lowest BCUT2D eigenvalue weighted by Gasteiger charge is -2.33. The SMILES string of the molecule is CC(N)C1CN(C/C=C/Cl)CCO1. The maximum Gasteiger partial charge on any atom is 0.0850 e. The Morgan fingerprint density at radius 2 is 2.54 bits per heavy atom. The molecule has 3 nitrogen and oxygen atoms in total. The van der Waals surface area contributed by atoms with Crippen molar-refractivity contribution >= 4 is 11.6 Å². The van der Waals surface area contributed by atoms with Gasteiger partial charge in [0.1, 0.15) is 0 Å². The molecule has 0 amide bonds. The van der Waals surface area contributed by atoms with E-state index in [1.807, 2.05) is 13.0 Å². The van der Waals surface area contributed by atoms with Gasteiger partial charge in [0.2, 0.25) is 0 Å². The van der Waals surface area contributed by atoms with E-state index in [1.165, 1.54) is 0 Å². The molecule has 2 atom stereocenters. The Morgan fingerprint density at radius 3 is 3.15 bits per heavy atom. The highest BCUT2D eigenvalue weighted by molar-refractivity contribution is 6.25. The number of rotatable bonds is 3. The van der Waals surface area contributed by atoms with E-state index in [0.717, 1.165) is 26.2 Å². The summed E-state index contributed by atoms with van der Waals surface area (Å²) in [6.45, 7) is 5.49. The van der Waals surface area contributed by atoms with Crippen molar-refractivity contribution in [2.24, 2.45) is 5.73 Å². The van der Waals surface area contributed by atoms with Crippen LogP contribution in [-0.2, 0) is 4.74 Å². The molecule has 2 unspecified atom stereocenters. The summed E-state index contributed by atoms with van der Waals surface area (Å²) in [6, 6.07) is 0.0998. The third-order valence-corrected chi connectivity index (χ3v) is 2.39. The van der Waals surface area contributed by atoms with E-state index < -0.39 is 0 Å². The van der Waals surface area contributed by atoms with E-state index in [2.05, 4.69) is 4.90 Å². The van der Waals surface area contributed by atoms with Gasteiger partial charge in [-0.05, 0) is 6.92 Å². The van der Waals surface area contributed by atoms with Gasteiger partial charge in [-0.25, -0.2) is 0 Å². The highest BCUT2D eigenvalue weighted by Gasteiger charge is 2.22. The van der Waals surface area contributed by atoms with E-state index in [1.54, 1.807) is 5.54 Å². The van der Waals surface area contributed by atoms with Gasteiger partial charge in [-0.3, -0.25) is 4.90 Å². The first-order valence-corrected chi connectivity index (χ1v) is 5.02. The maximum atomic E-state index is 5.76. The number of halogens is 1. The Balaban J connectivity index is 2.33. The summed E-state index contributed by atoms with van der Waals surface area (Å²) in [7, 11) is 0. The van der Waals surface area contributed by atoms with Crippen LogP contribution < -0.4 is 5.73 Å². The summed E-state index contributed by atoms with van der Waals surface area (Å²) in [6.07, 6.45) is 2.10. The minimum Gasteiger partial charge on any atom is -0.374 e. The lowest BCUT2D eigenvalue weighted by Crippen LogP contribution is -2.49. The molecule has 0 saturated carbocycles. The first kappa shape index (κ1) is 11.0. The topological polar surface area (TPSA) is 38.5 Å². The second-order valence-electron chi connectivity index (χ2n) is 3.39. The predicted octanol–water partition coefficient (Wildman–Crippen LogP) is 0.787. The van der Waals surface area contributed by atoms with Gasteiger partial charge in [-0.15, -0.1) is 0 Å². The monoisotopic (exact) mass is 204 g/mol. The van der Waals surface area contributed by atoms with Crippen LogP contribution >= 0.6 is 11.6 Å². The standard InChI is InChI=1S/C9H17ClN2O/c1-8(11)9-7-12(4-2-3-10)5-6-13-9/h2-3,8-9H,4-7,11H2,1H3/b3-2+. The number of hydrogen-bond acceptors (Lipinski definition) is 3. The van der Waals surface area contributed by atoms with Crippen molar-refractivity contribution in [3.63, 3.8) is 0 Å². The summed E-state index contributed by atoms with van der Waals surface area (Å²) >= 11 is 5.46. The Morgan fingerprint density at radius 1 is 1.77 bits per heavy atom.